The van der Waals surface area contributed by atoms with Crippen LogP contribution in [0.3, 0.4) is 0 Å². The Bertz CT molecular complexity index is 1100. The lowest BCUT2D eigenvalue weighted by Gasteiger charge is -2.41. The Morgan fingerprint density at radius 2 is 1.73 bits per heavy atom. The highest BCUT2D eigenvalue weighted by atomic mass is 16.5. The zero-order chi connectivity index (χ0) is 22.8. The van der Waals surface area contributed by atoms with Gasteiger partial charge < -0.3 is 14.4 Å². The fourth-order valence-electron chi connectivity index (χ4n) is 5.14. The van der Waals surface area contributed by atoms with Crippen LogP contribution in [-0.2, 0) is 7.05 Å². The van der Waals surface area contributed by atoms with Crippen molar-refractivity contribution >= 4 is 16.8 Å². The van der Waals surface area contributed by atoms with E-state index in [4.69, 9.17) is 9.47 Å². The molecular weight excluding hydrogens is 418 g/mol. The summed E-state index contributed by atoms with van der Waals surface area (Å²) in [4.78, 5) is 21.7. The molecule has 0 aliphatic carbocycles. The molecule has 2 saturated heterocycles. The van der Waals surface area contributed by atoms with Gasteiger partial charge >= 0.3 is 0 Å². The second-order valence-corrected chi connectivity index (χ2v) is 8.92. The minimum atomic E-state index is 0.0874. The molecule has 3 aromatic rings. The van der Waals surface area contributed by atoms with Crippen LogP contribution >= 0.6 is 0 Å². The number of fused-ring (bicyclic) bond motifs is 1. The van der Waals surface area contributed by atoms with Gasteiger partial charge in [0.05, 0.1) is 18.0 Å². The van der Waals surface area contributed by atoms with Gasteiger partial charge in [0.25, 0.3) is 5.91 Å². The van der Waals surface area contributed by atoms with E-state index in [0.717, 1.165) is 68.5 Å². The highest BCUT2D eigenvalue weighted by Gasteiger charge is 2.30. The molecule has 0 saturated carbocycles. The van der Waals surface area contributed by atoms with E-state index < -0.39 is 0 Å². The van der Waals surface area contributed by atoms with Gasteiger partial charge in [0.15, 0.2) is 0 Å². The van der Waals surface area contributed by atoms with Crippen LogP contribution in [0.4, 0.5) is 0 Å². The average molecular weight is 450 g/mol. The molecule has 0 unspecified atom stereocenters. The Morgan fingerprint density at radius 3 is 2.42 bits per heavy atom. The molecule has 2 aliphatic rings. The third-order valence-corrected chi connectivity index (χ3v) is 6.92. The Hall–Kier alpha value is -3.13. The molecular formula is C25H31N5O3. The van der Waals surface area contributed by atoms with Crippen molar-refractivity contribution in [1.29, 1.82) is 0 Å². The first-order valence-electron chi connectivity index (χ1n) is 11.7. The minimum Gasteiger partial charge on any atom is -0.490 e. The number of piperidine rings is 2. The summed E-state index contributed by atoms with van der Waals surface area (Å²) in [5.74, 6) is 1.70. The van der Waals surface area contributed by atoms with Gasteiger partial charge in [-0.3, -0.25) is 14.7 Å². The standard InChI is InChI=1S/C25H31N5O3/c1-28-25(32-2)22-4-3-18(17-23(22)27-28)24(31)30-13-7-19(8-14-30)29-15-9-21(10-16-29)33-20-5-11-26-12-6-20/h3-6,11-12,17,19,21H,7-10,13-16H2,1-2H3. The number of pyridine rings is 1. The summed E-state index contributed by atoms with van der Waals surface area (Å²) in [6.07, 6.45) is 7.91. The molecule has 2 aromatic heterocycles. The largest absolute Gasteiger partial charge is 0.490 e. The number of benzene rings is 1. The molecule has 174 valence electrons. The van der Waals surface area contributed by atoms with E-state index in [-0.39, 0.29) is 12.0 Å². The van der Waals surface area contributed by atoms with Crippen molar-refractivity contribution in [3.05, 3.63) is 48.3 Å². The van der Waals surface area contributed by atoms with Crippen LogP contribution in [0.5, 0.6) is 11.6 Å². The number of carbonyl (C=O) groups is 1. The van der Waals surface area contributed by atoms with Crippen molar-refractivity contribution in [1.82, 2.24) is 24.6 Å². The van der Waals surface area contributed by atoms with Crippen molar-refractivity contribution in [3.63, 3.8) is 0 Å². The molecule has 1 aromatic carbocycles. The van der Waals surface area contributed by atoms with Gasteiger partial charge in [-0.05, 0) is 56.0 Å². The van der Waals surface area contributed by atoms with Gasteiger partial charge in [0, 0.05) is 57.2 Å². The monoisotopic (exact) mass is 449 g/mol. The van der Waals surface area contributed by atoms with E-state index in [0.29, 0.717) is 17.5 Å². The van der Waals surface area contributed by atoms with E-state index in [1.807, 2.05) is 42.3 Å². The first-order valence-corrected chi connectivity index (χ1v) is 11.7. The number of hydrogen-bond donors (Lipinski definition) is 0. The fraction of sp³-hybridized carbons (Fsp3) is 0.480. The van der Waals surface area contributed by atoms with Gasteiger partial charge in [-0.1, -0.05) is 0 Å². The van der Waals surface area contributed by atoms with Crippen LogP contribution < -0.4 is 9.47 Å². The summed E-state index contributed by atoms with van der Waals surface area (Å²) >= 11 is 0. The summed E-state index contributed by atoms with van der Waals surface area (Å²) in [5, 5.41) is 5.40. The summed E-state index contributed by atoms with van der Waals surface area (Å²) in [5.41, 5.74) is 1.47. The molecule has 8 nitrogen and oxygen atoms in total. The minimum absolute atomic E-state index is 0.0874. The SMILES string of the molecule is COc1c2ccc(C(=O)N3CCC(N4CCC(Oc5ccncc5)CC4)CC3)cc2nn1C. The van der Waals surface area contributed by atoms with Crippen LogP contribution in [0, 0.1) is 0 Å². The topological polar surface area (TPSA) is 72.7 Å². The predicted octanol–water partition coefficient (Wildman–Crippen LogP) is 3.12. The number of ether oxygens (including phenoxy) is 2. The van der Waals surface area contributed by atoms with Crippen LogP contribution in [0.2, 0.25) is 0 Å². The van der Waals surface area contributed by atoms with E-state index in [1.54, 1.807) is 24.2 Å². The molecule has 8 heteroatoms. The maximum Gasteiger partial charge on any atom is 0.253 e. The number of nitrogens with zero attached hydrogens (tertiary/aromatic N) is 5. The summed E-state index contributed by atoms with van der Waals surface area (Å²) in [6, 6.07) is 10.1. The highest BCUT2D eigenvalue weighted by Crippen LogP contribution is 2.27. The van der Waals surface area contributed by atoms with Crippen molar-refractivity contribution in [3.8, 4) is 11.6 Å². The van der Waals surface area contributed by atoms with Gasteiger partial charge in [0.2, 0.25) is 5.88 Å². The number of aryl methyl sites for hydroxylation is 1. The van der Waals surface area contributed by atoms with Crippen LogP contribution in [-0.4, -0.2) is 75.9 Å². The predicted molar refractivity (Wildman–Crippen MR) is 126 cm³/mol. The lowest BCUT2D eigenvalue weighted by molar-refractivity contribution is 0.0425. The number of likely N-dealkylation sites (tertiary alicyclic amines) is 2. The summed E-state index contributed by atoms with van der Waals surface area (Å²) in [6.45, 7) is 3.68. The number of methoxy groups -OCH3 is 1. The molecule has 33 heavy (non-hydrogen) atoms. The maximum atomic E-state index is 13.1. The molecule has 0 spiro atoms. The Balaban J connectivity index is 1.14. The molecule has 1 amide bonds. The molecule has 2 fully saturated rings. The van der Waals surface area contributed by atoms with Crippen molar-refractivity contribution < 1.29 is 14.3 Å². The number of carbonyl (C=O) groups excluding carboxylic acids is 1. The highest BCUT2D eigenvalue weighted by molar-refractivity contribution is 5.98. The molecule has 4 heterocycles. The molecule has 2 aliphatic heterocycles. The zero-order valence-electron chi connectivity index (χ0n) is 19.3. The van der Waals surface area contributed by atoms with Crippen LogP contribution in [0.1, 0.15) is 36.0 Å². The lowest BCUT2D eigenvalue weighted by Crippen LogP contribution is -2.50. The Labute approximate surface area is 194 Å². The van der Waals surface area contributed by atoms with Crippen LogP contribution in [0.15, 0.2) is 42.7 Å². The molecule has 0 bridgehead atoms. The Morgan fingerprint density at radius 1 is 1.00 bits per heavy atom. The second kappa shape index (κ2) is 9.39. The van der Waals surface area contributed by atoms with E-state index >= 15 is 0 Å². The van der Waals surface area contributed by atoms with Crippen molar-refractivity contribution in [2.75, 3.05) is 33.3 Å². The van der Waals surface area contributed by atoms with E-state index in [9.17, 15) is 4.79 Å². The van der Waals surface area contributed by atoms with Gasteiger partial charge in [0.1, 0.15) is 11.9 Å². The summed E-state index contributed by atoms with van der Waals surface area (Å²) < 4.78 is 13.2. The zero-order valence-corrected chi connectivity index (χ0v) is 19.3. The first-order chi connectivity index (χ1) is 16.1. The Kier molecular flexibility index (Phi) is 6.17. The van der Waals surface area contributed by atoms with Gasteiger partial charge in [-0.25, -0.2) is 4.68 Å². The van der Waals surface area contributed by atoms with E-state index in [1.165, 1.54) is 0 Å². The number of rotatable bonds is 5. The average Bonchev–Trinajstić information content (AvgIpc) is 3.19. The lowest BCUT2D eigenvalue weighted by atomic mass is 9.98. The molecule has 0 atom stereocenters. The normalized spacial score (nSPS) is 18.5. The van der Waals surface area contributed by atoms with Crippen LogP contribution in [0.25, 0.3) is 10.9 Å². The van der Waals surface area contributed by atoms with E-state index in [2.05, 4.69) is 15.0 Å². The van der Waals surface area contributed by atoms with Crippen molar-refractivity contribution in [2.45, 2.75) is 37.8 Å². The smallest absolute Gasteiger partial charge is 0.253 e. The number of amides is 1. The number of aromatic nitrogens is 3. The molecule has 0 N–H and O–H groups in total. The fourth-order valence-corrected chi connectivity index (χ4v) is 5.14. The summed E-state index contributed by atoms with van der Waals surface area (Å²) in [7, 11) is 3.48. The van der Waals surface area contributed by atoms with Gasteiger partial charge in [-0.2, -0.15) is 5.10 Å². The third kappa shape index (κ3) is 4.53. The third-order valence-electron chi connectivity index (χ3n) is 6.92. The second-order valence-electron chi connectivity index (χ2n) is 8.92. The van der Waals surface area contributed by atoms with Gasteiger partial charge in [-0.15, -0.1) is 0 Å². The first kappa shape index (κ1) is 21.7. The molecule has 5 rings (SSSR count). The van der Waals surface area contributed by atoms with Crippen molar-refractivity contribution in [2.24, 2.45) is 7.05 Å². The molecule has 0 radical (unpaired) electrons. The maximum absolute atomic E-state index is 13.1. The number of hydrogen-bond acceptors (Lipinski definition) is 6. The quantitative estimate of drug-likeness (QED) is 0.596.